The van der Waals surface area contributed by atoms with Gasteiger partial charge in [-0.1, -0.05) is 23.4 Å². The number of halogens is 1. The van der Waals surface area contributed by atoms with E-state index in [-0.39, 0.29) is 23.0 Å². The third-order valence-corrected chi connectivity index (χ3v) is 1.91. The lowest BCUT2D eigenvalue weighted by Gasteiger charge is -1.94. The number of aromatic amines is 1. The Hall–Kier alpha value is -1.73. The van der Waals surface area contributed by atoms with Gasteiger partial charge in [0, 0.05) is 11.8 Å². The largest absolute Gasteiger partial charge is 0.465 e. The molecule has 5 heteroatoms. The van der Waals surface area contributed by atoms with Crippen LogP contribution in [0.15, 0.2) is 17.1 Å². The first kappa shape index (κ1) is 12.3. The summed E-state index contributed by atoms with van der Waals surface area (Å²) in [6.45, 7) is 2.07. The van der Waals surface area contributed by atoms with Crippen molar-refractivity contribution >= 4 is 17.6 Å². The molecule has 1 heterocycles. The number of hydrogen-bond donors (Lipinski definition) is 1. The minimum atomic E-state index is -0.370. The Morgan fingerprint density at radius 3 is 3.00 bits per heavy atom. The molecule has 0 aliphatic heterocycles. The molecular formula is C11H10ClNO3. The fourth-order valence-corrected chi connectivity index (χ4v) is 1.13. The van der Waals surface area contributed by atoms with Gasteiger partial charge >= 0.3 is 5.97 Å². The van der Waals surface area contributed by atoms with Crippen molar-refractivity contribution in [3.05, 3.63) is 33.2 Å². The Morgan fingerprint density at radius 1 is 1.62 bits per heavy atom. The van der Waals surface area contributed by atoms with Gasteiger partial charge in [0.15, 0.2) is 0 Å². The highest BCUT2D eigenvalue weighted by Crippen LogP contribution is 2.02. The molecule has 1 aromatic heterocycles. The molecule has 1 aromatic rings. The number of ether oxygens (including phenoxy) is 1. The Labute approximate surface area is 97.6 Å². The quantitative estimate of drug-likeness (QED) is 0.626. The van der Waals surface area contributed by atoms with Crippen LogP contribution in [0.3, 0.4) is 0 Å². The number of pyridine rings is 1. The highest BCUT2D eigenvalue weighted by molar-refractivity contribution is 6.30. The van der Waals surface area contributed by atoms with Gasteiger partial charge in [-0.05, 0) is 13.0 Å². The molecule has 0 saturated heterocycles. The van der Waals surface area contributed by atoms with Crippen LogP contribution >= 0.6 is 11.6 Å². The summed E-state index contributed by atoms with van der Waals surface area (Å²) in [7, 11) is 0. The van der Waals surface area contributed by atoms with Crippen molar-refractivity contribution < 1.29 is 9.53 Å². The normalized spacial score (nSPS) is 9.12. The van der Waals surface area contributed by atoms with E-state index < -0.39 is 0 Å². The van der Waals surface area contributed by atoms with Gasteiger partial charge < -0.3 is 9.72 Å². The summed E-state index contributed by atoms with van der Waals surface area (Å²) in [6.07, 6.45) is 1.46. The second-order valence-corrected chi connectivity index (χ2v) is 3.26. The maximum Gasteiger partial charge on any atom is 0.317 e. The number of nitrogens with one attached hydrogen (secondary N) is 1. The molecule has 1 rings (SSSR count). The molecule has 0 saturated carbocycles. The van der Waals surface area contributed by atoms with Crippen LogP contribution in [0.2, 0.25) is 5.02 Å². The number of rotatable bonds is 2. The minimum absolute atomic E-state index is 0.0184. The van der Waals surface area contributed by atoms with Crippen LogP contribution in [-0.4, -0.2) is 17.6 Å². The van der Waals surface area contributed by atoms with Crippen LogP contribution in [-0.2, 0) is 9.53 Å². The Kier molecular flexibility index (Phi) is 4.62. The highest BCUT2D eigenvalue weighted by Gasteiger charge is 1.97. The number of carbonyl (C=O) groups is 1. The van der Waals surface area contributed by atoms with E-state index in [0.717, 1.165) is 0 Å². The Balaban J connectivity index is 2.67. The molecule has 0 amide bonds. The summed E-state index contributed by atoms with van der Waals surface area (Å²) in [5, 5.41) is 0.0722. The standard InChI is InChI=1S/C11H10ClNO3/c1-2-16-10(14)5-3-4-8-6-9(12)11(15)13-7-8/h6-7H,2,5H2,1H3,(H,13,15). The maximum atomic E-state index is 10.9. The second kappa shape index (κ2) is 5.99. The predicted molar refractivity (Wildman–Crippen MR) is 60.2 cm³/mol. The van der Waals surface area contributed by atoms with Crippen LogP contribution in [0.4, 0.5) is 0 Å². The topological polar surface area (TPSA) is 59.2 Å². The van der Waals surface area contributed by atoms with Crippen molar-refractivity contribution in [2.24, 2.45) is 0 Å². The first-order valence-electron chi connectivity index (χ1n) is 4.66. The summed E-state index contributed by atoms with van der Waals surface area (Å²) in [4.78, 5) is 24.3. The molecule has 0 aliphatic rings. The summed E-state index contributed by atoms with van der Waals surface area (Å²) >= 11 is 5.60. The van der Waals surface area contributed by atoms with Crippen molar-refractivity contribution in [3.63, 3.8) is 0 Å². The molecule has 4 nitrogen and oxygen atoms in total. The number of esters is 1. The molecule has 1 N–H and O–H groups in total. The third-order valence-electron chi connectivity index (χ3n) is 1.63. The van der Waals surface area contributed by atoms with E-state index in [0.29, 0.717) is 12.2 Å². The van der Waals surface area contributed by atoms with Gasteiger partial charge in [-0.25, -0.2) is 0 Å². The van der Waals surface area contributed by atoms with Gasteiger partial charge in [0.1, 0.15) is 11.4 Å². The zero-order valence-electron chi connectivity index (χ0n) is 8.67. The van der Waals surface area contributed by atoms with Crippen molar-refractivity contribution in [1.82, 2.24) is 4.98 Å². The zero-order valence-corrected chi connectivity index (χ0v) is 9.43. The average molecular weight is 240 g/mol. The predicted octanol–water partition coefficient (Wildman–Crippen LogP) is 1.33. The van der Waals surface area contributed by atoms with E-state index in [2.05, 4.69) is 16.8 Å². The minimum Gasteiger partial charge on any atom is -0.465 e. The number of hydrogen-bond acceptors (Lipinski definition) is 3. The summed E-state index contributed by atoms with van der Waals surface area (Å²) < 4.78 is 4.70. The Bertz CT molecular complexity index is 496. The molecule has 0 bridgehead atoms. The first-order chi connectivity index (χ1) is 7.63. The monoisotopic (exact) mass is 239 g/mol. The molecule has 0 spiro atoms. The molecule has 0 radical (unpaired) electrons. The van der Waals surface area contributed by atoms with Crippen LogP contribution in [0, 0.1) is 11.8 Å². The first-order valence-corrected chi connectivity index (χ1v) is 5.04. The van der Waals surface area contributed by atoms with Crippen molar-refractivity contribution in [1.29, 1.82) is 0 Å². The molecule has 16 heavy (non-hydrogen) atoms. The molecule has 0 unspecified atom stereocenters. The van der Waals surface area contributed by atoms with Crippen LogP contribution < -0.4 is 5.56 Å². The zero-order chi connectivity index (χ0) is 12.0. The van der Waals surface area contributed by atoms with E-state index in [1.54, 1.807) is 6.92 Å². The smallest absolute Gasteiger partial charge is 0.317 e. The number of H-pyrrole nitrogens is 1. The molecule has 84 valence electrons. The van der Waals surface area contributed by atoms with Crippen LogP contribution in [0.25, 0.3) is 0 Å². The van der Waals surface area contributed by atoms with Gasteiger partial charge in [-0.15, -0.1) is 0 Å². The van der Waals surface area contributed by atoms with E-state index >= 15 is 0 Å². The third kappa shape index (κ3) is 3.79. The molecule has 0 atom stereocenters. The second-order valence-electron chi connectivity index (χ2n) is 2.85. The summed E-state index contributed by atoms with van der Waals surface area (Å²) in [6, 6.07) is 1.44. The lowest BCUT2D eigenvalue weighted by molar-refractivity contribution is -0.141. The lowest BCUT2D eigenvalue weighted by atomic mass is 10.3. The van der Waals surface area contributed by atoms with Crippen LogP contribution in [0.1, 0.15) is 18.9 Å². The molecular weight excluding hydrogens is 230 g/mol. The molecule has 0 aliphatic carbocycles. The van der Waals surface area contributed by atoms with Gasteiger partial charge in [0.05, 0.1) is 6.61 Å². The van der Waals surface area contributed by atoms with E-state index in [1.807, 2.05) is 0 Å². The average Bonchev–Trinajstić information content (AvgIpc) is 2.24. The van der Waals surface area contributed by atoms with E-state index in [1.165, 1.54) is 12.3 Å². The van der Waals surface area contributed by atoms with Crippen molar-refractivity contribution in [2.75, 3.05) is 6.61 Å². The summed E-state index contributed by atoms with van der Waals surface area (Å²) in [5.41, 5.74) is 0.187. The van der Waals surface area contributed by atoms with Gasteiger partial charge in [0.2, 0.25) is 0 Å². The number of aromatic nitrogens is 1. The van der Waals surface area contributed by atoms with Crippen molar-refractivity contribution in [3.8, 4) is 11.8 Å². The molecule has 0 aromatic carbocycles. The van der Waals surface area contributed by atoms with Crippen LogP contribution in [0.5, 0.6) is 0 Å². The SMILES string of the molecule is CCOC(=O)CC#Cc1c[nH]c(=O)c(Cl)c1. The summed E-state index contributed by atoms with van der Waals surface area (Å²) in [5.74, 6) is 4.95. The van der Waals surface area contributed by atoms with E-state index in [4.69, 9.17) is 16.3 Å². The Morgan fingerprint density at radius 2 is 2.38 bits per heavy atom. The van der Waals surface area contributed by atoms with Gasteiger partial charge in [-0.3, -0.25) is 9.59 Å². The van der Waals surface area contributed by atoms with Gasteiger partial charge in [0.25, 0.3) is 5.56 Å². The maximum absolute atomic E-state index is 10.9. The fourth-order valence-electron chi connectivity index (χ4n) is 0.959. The van der Waals surface area contributed by atoms with Crippen molar-refractivity contribution in [2.45, 2.75) is 13.3 Å². The molecule has 0 fully saturated rings. The highest BCUT2D eigenvalue weighted by atomic mass is 35.5. The number of carbonyl (C=O) groups excluding carboxylic acids is 1. The fraction of sp³-hybridized carbons (Fsp3) is 0.273. The van der Waals surface area contributed by atoms with Gasteiger partial charge in [-0.2, -0.15) is 0 Å². The van der Waals surface area contributed by atoms with E-state index in [9.17, 15) is 9.59 Å². The lowest BCUT2D eigenvalue weighted by Crippen LogP contribution is -2.05.